The van der Waals surface area contributed by atoms with Crippen LogP contribution in [0.25, 0.3) is 0 Å². The first-order chi connectivity index (χ1) is 13.6. The molecule has 1 aliphatic heterocycles. The Bertz CT molecular complexity index is 879. The average molecular weight is 416 g/mol. The van der Waals surface area contributed by atoms with E-state index in [9.17, 15) is 14.7 Å². The van der Waals surface area contributed by atoms with Crippen molar-refractivity contribution in [2.24, 2.45) is 16.3 Å². The molecule has 1 N–H and O–H groups in total. The Hall–Kier alpha value is -1.83. The third-order valence-electron chi connectivity index (χ3n) is 6.42. The molecule has 7 heteroatoms. The van der Waals surface area contributed by atoms with Crippen molar-refractivity contribution in [3.8, 4) is 0 Å². The number of aliphatic imine (C=N–C) groups is 1. The summed E-state index contributed by atoms with van der Waals surface area (Å²) in [6, 6.07) is 9.18. The third kappa shape index (κ3) is 2.57. The summed E-state index contributed by atoms with van der Waals surface area (Å²) >= 11 is 0. The van der Waals surface area contributed by atoms with Gasteiger partial charge in [0, 0.05) is 5.92 Å². The Balaban J connectivity index is 2.00. The van der Waals surface area contributed by atoms with Crippen molar-refractivity contribution in [2.45, 2.75) is 63.6 Å². The Morgan fingerprint density at radius 3 is 2.55 bits per heavy atom. The summed E-state index contributed by atoms with van der Waals surface area (Å²) in [6.07, 6.45) is 2.82. The molecule has 4 atom stereocenters. The molecule has 0 amide bonds. The van der Waals surface area contributed by atoms with Gasteiger partial charge < -0.3 is 14.3 Å². The minimum atomic E-state index is -2.17. The van der Waals surface area contributed by atoms with E-state index in [-0.39, 0.29) is 6.61 Å². The fourth-order valence-electron chi connectivity index (χ4n) is 5.62. The molecule has 1 heterocycles. The van der Waals surface area contributed by atoms with Gasteiger partial charge in [0.1, 0.15) is 5.60 Å². The third-order valence-corrected chi connectivity index (χ3v) is 7.40. The predicted octanol–water partition coefficient (Wildman–Crippen LogP) is 3.09. The Labute approximate surface area is 172 Å². The molecule has 6 nitrogen and oxygen atoms in total. The van der Waals surface area contributed by atoms with Gasteiger partial charge in [-0.3, -0.25) is 9.59 Å². The summed E-state index contributed by atoms with van der Waals surface area (Å²) < 4.78 is 12.0. The van der Waals surface area contributed by atoms with Gasteiger partial charge in [-0.25, -0.2) is 4.99 Å². The number of rotatable bonds is 5. The van der Waals surface area contributed by atoms with Crippen LogP contribution < -0.4 is 0 Å². The standard InChI is InChI=1S/C22H29NO5Si/c1-5-27-19(25)21-16-13-9-10-14-20(16,28-29(2,3)4)22(26,18(21)24)23-17(21)15-11-7-6-8-12-15/h6-8,11-12,16,26H,5,9-10,13-14H2,1-4H3/t16-,20-,21+,22-/m0/s1. The van der Waals surface area contributed by atoms with Gasteiger partial charge in [0.15, 0.2) is 13.7 Å². The molecule has 2 saturated carbocycles. The molecule has 4 rings (SSSR count). The lowest BCUT2D eigenvalue weighted by Crippen LogP contribution is -2.63. The van der Waals surface area contributed by atoms with Gasteiger partial charge in [0.05, 0.1) is 12.3 Å². The summed E-state index contributed by atoms with van der Waals surface area (Å²) in [4.78, 5) is 31.9. The number of Topliss-reactive ketones (excluding diaryl/α,β-unsaturated/α-hetero) is 1. The van der Waals surface area contributed by atoms with Crippen LogP contribution in [0.1, 0.15) is 38.2 Å². The van der Waals surface area contributed by atoms with Crippen LogP contribution in [0.2, 0.25) is 19.6 Å². The second kappa shape index (κ2) is 6.59. The monoisotopic (exact) mass is 415 g/mol. The smallest absolute Gasteiger partial charge is 0.326 e. The van der Waals surface area contributed by atoms with E-state index in [1.807, 2.05) is 50.0 Å². The molecule has 2 bridgehead atoms. The first-order valence-corrected chi connectivity index (χ1v) is 13.8. The number of esters is 1. The summed E-state index contributed by atoms with van der Waals surface area (Å²) in [6.45, 7) is 7.98. The molecule has 0 aromatic heterocycles. The number of hydrogen-bond acceptors (Lipinski definition) is 6. The van der Waals surface area contributed by atoms with Crippen LogP contribution in [-0.4, -0.2) is 48.8 Å². The molecule has 3 aliphatic rings. The molecule has 0 saturated heterocycles. The van der Waals surface area contributed by atoms with Gasteiger partial charge in [-0.1, -0.05) is 43.2 Å². The van der Waals surface area contributed by atoms with Crippen molar-refractivity contribution in [1.29, 1.82) is 0 Å². The predicted molar refractivity (Wildman–Crippen MR) is 111 cm³/mol. The van der Waals surface area contributed by atoms with E-state index >= 15 is 0 Å². The van der Waals surface area contributed by atoms with Crippen LogP contribution in [0.5, 0.6) is 0 Å². The van der Waals surface area contributed by atoms with E-state index in [0.29, 0.717) is 24.1 Å². The minimum absolute atomic E-state index is 0.156. The Kier molecular flexibility index (Phi) is 4.64. The van der Waals surface area contributed by atoms with E-state index in [0.717, 1.165) is 12.8 Å². The first kappa shape index (κ1) is 20.4. The molecular weight excluding hydrogens is 386 g/mol. The van der Waals surface area contributed by atoms with Gasteiger partial charge in [0.2, 0.25) is 11.5 Å². The SMILES string of the molecule is CCOC(=O)[C@@]12C(=O)[C@@](O)(N=C1c1ccccc1)[C@]1(O[Si](C)(C)C)CCCC[C@H]21. The van der Waals surface area contributed by atoms with Crippen molar-refractivity contribution < 1.29 is 23.9 Å². The fourth-order valence-corrected chi connectivity index (χ4v) is 7.10. The van der Waals surface area contributed by atoms with E-state index in [1.54, 1.807) is 6.92 Å². The quantitative estimate of drug-likeness (QED) is 0.454. The zero-order valence-electron chi connectivity index (χ0n) is 17.5. The van der Waals surface area contributed by atoms with Crippen molar-refractivity contribution in [2.75, 3.05) is 6.61 Å². The molecule has 0 unspecified atom stereocenters. The van der Waals surface area contributed by atoms with Crippen LogP contribution >= 0.6 is 0 Å². The lowest BCUT2D eigenvalue weighted by Gasteiger charge is -2.51. The second-order valence-corrected chi connectivity index (χ2v) is 13.7. The zero-order chi connectivity index (χ0) is 21.1. The zero-order valence-corrected chi connectivity index (χ0v) is 18.5. The minimum Gasteiger partial charge on any atom is -0.465 e. The van der Waals surface area contributed by atoms with Gasteiger partial charge in [-0.15, -0.1) is 0 Å². The second-order valence-electron chi connectivity index (χ2n) is 9.26. The molecular formula is C22H29NO5Si. The fraction of sp³-hybridized carbons (Fsp3) is 0.591. The highest BCUT2D eigenvalue weighted by atomic mass is 28.4. The highest BCUT2D eigenvalue weighted by molar-refractivity contribution is 6.70. The van der Waals surface area contributed by atoms with Crippen molar-refractivity contribution >= 4 is 25.8 Å². The topological polar surface area (TPSA) is 85.2 Å². The Morgan fingerprint density at radius 1 is 1.24 bits per heavy atom. The molecule has 156 valence electrons. The lowest BCUT2D eigenvalue weighted by atomic mass is 9.62. The van der Waals surface area contributed by atoms with Crippen LogP contribution in [0.4, 0.5) is 0 Å². The summed E-state index contributed by atoms with van der Waals surface area (Å²) in [7, 11) is -2.17. The number of ketones is 1. The van der Waals surface area contributed by atoms with Crippen molar-refractivity contribution in [3.63, 3.8) is 0 Å². The largest absolute Gasteiger partial charge is 0.465 e. The average Bonchev–Trinajstić information content (AvgIpc) is 3.00. The van der Waals surface area contributed by atoms with Gasteiger partial charge in [0.25, 0.3) is 0 Å². The number of benzene rings is 1. The number of fused-ring (bicyclic) bond motifs is 5. The Morgan fingerprint density at radius 2 is 1.93 bits per heavy atom. The number of ether oxygens (including phenoxy) is 1. The summed E-state index contributed by atoms with van der Waals surface area (Å²) in [5.74, 6) is -1.68. The van der Waals surface area contributed by atoms with Crippen molar-refractivity contribution in [1.82, 2.24) is 0 Å². The number of nitrogens with zero attached hydrogens (tertiary/aromatic N) is 1. The van der Waals surface area contributed by atoms with E-state index < -0.39 is 42.7 Å². The lowest BCUT2D eigenvalue weighted by molar-refractivity contribution is -0.167. The maximum Gasteiger partial charge on any atom is 0.326 e. The first-order valence-electron chi connectivity index (χ1n) is 10.4. The maximum atomic E-state index is 13.8. The van der Waals surface area contributed by atoms with Crippen LogP contribution in [0, 0.1) is 11.3 Å². The number of hydrogen-bond donors (Lipinski definition) is 1. The van der Waals surface area contributed by atoms with Gasteiger partial charge >= 0.3 is 5.97 Å². The number of carbonyl (C=O) groups excluding carboxylic acids is 2. The van der Waals surface area contributed by atoms with Gasteiger partial charge in [-0.05, 0) is 45.0 Å². The van der Waals surface area contributed by atoms with E-state index in [4.69, 9.17) is 9.16 Å². The van der Waals surface area contributed by atoms with E-state index in [2.05, 4.69) is 4.99 Å². The number of carbonyl (C=O) groups is 2. The maximum absolute atomic E-state index is 13.8. The number of aliphatic hydroxyl groups is 1. The van der Waals surface area contributed by atoms with Crippen LogP contribution in [0.15, 0.2) is 35.3 Å². The molecule has 1 aromatic rings. The normalized spacial score (nSPS) is 36.0. The molecule has 0 spiro atoms. The van der Waals surface area contributed by atoms with Crippen LogP contribution in [0.3, 0.4) is 0 Å². The van der Waals surface area contributed by atoms with Gasteiger partial charge in [-0.2, -0.15) is 0 Å². The molecule has 1 aromatic carbocycles. The summed E-state index contributed by atoms with van der Waals surface area (Å²) in [5, 5.41) is 11.8. The highest BCUT2D eigenvalue weighted by Gasteiger charge is 2.84. The van der Waals surface area contributed by atoms with Crippen molar-refractivity contribution in [3.05, 3.63) is 35.9 Å². The molecule has 2 fully saturated rings. The molecule has 2 aliphatic carbocycles. The van der Waals surface area contributed by atoms with E-state index in [1.165, 1.54) is 0 Å². The summed E-state index contributed by atoms with van der Waals surface area (Å²) in [5.41, 5.74) is -3.86. The molecule has 29 heavy (non-hydrogen) atoms. The molecule has 0 radical (unpaired) electrons. The van der Waals surface area contributed by atoms with Crippen LogP contribution in [-0.2, 0) is 18.8 Å². The highest BCUT2D eigenvalue weighted by Crippen LogP contribution is 2.66.